The van der Waals surface area contributed by atoms with Crippen LogP contribution in [0.5, 0.6) is 0 Å². The van der Waals surface area contributed by atoms with E-state index in [4.69, 9.17) is 16.3 Å². The van der Waals surface area contributed by atoms with Crippen LogP contribution >= 0.6 is 11.6 Å². The van der Waals surface area contributed by atoms with Crippen molar-refractivity contribution in [2.75, 3.05) is 13.1 Å². The summed E-state index contributed by atoms with van der Waals surface area (Å²) in [6, 6.07) is 7.62. The molecule has 2 aliphatic rings. The van der Waals surface area contributed by atoms with Crippen molar-refractivity contribution in [1.29, 1.82) is 0 Å². The molecule has 1 unspecified atom stereocenters. The molecule has 27 heavy (non-hydrogen) atoms. The van der Waals surface area contributed by atoms with Gasteiger partial charge < -0.3 is 15.0 Å². The fraction of sp³-hybridized carbons (Fsp3) is 0.524. The van der Waals surface area contributed by atoms with Crippen LogP contribution in [0.2, 0.25) is 5.02 Å². The number of hydrogen-bond donors (Lipinski definition) is 1. The molecule has 1 aromatic carbocycles. The summed E-state index contributed by atoms with van der Waals surface area (Å²) >= 11 is 5.91. The Bertz CT molecular complexity index is 685. The molecule has 0 radical (unpaired) electrons. The first-order valence-electron chi connectivity index (χ1n) is 9.58. The van der Waals surface area contributed by atoms with Gasteiger partial charge in [0.15, 0.2) is 0 Å². The fourth-order valence-electron chi connectivity index (χ4n) is 3.76. The molecule has 2 amide bonds. The van der Waals surface area contributed by atoms with Gasteiger partial charge in [0, 0.05) is 30.1 Å². The van der Waals surface area contributed by atoms with Crippen molar-refractivity contribution < 1.29 is 14.3 Å². The highest BCUT2D eigenvalue weighted by Crippen LogP contribution is 2.35. The molecule has 1 saturated carbocycles. The van der Waals surface area contributed by atoms with Gasteiger partial charge in [-0.25, -0.2) is 0 Å². The van der Waals surface area contributed by atoms with Crippen molar-refractivity contribution in [1.82, 2.24) is 10.2 Å². The van der Waals surface area contributed by atoms with E-state index in [2.05, 4.69) is 11.9 Å². The van der Waals surface area contributed by atoms with Crippen molar-refractivity contribution in [3.8, 4) is 0 Å². The number of rotatable bonds is 7. The quantitative estimate of drug-likeness (QED) is 0.725. The van der Waals surface area contributed by atoms with Crippen LogP contribution in [0.1, 0.15) is 44.1 Å². The van der Waals surface area contributed by atoms with Gasteiger partial charge in [-0.2, -0.15) is 0 Å². The molecule has 1 aliphatic heterocycles. The highest BCUT2D eigenvalue weighted by atomic mass is 35.5. The van der Waals surface area contributed by atoms with Crippen LogP contribution in [0.15, 0.2) is 36.9 Å². The molecule has 1 aromatic rings. The predicted molar refractivity (Wildman–Crippen MR) is 105 cm³/mol. The zero-order chi connectivity index (χ0) is 19.3. The van der Waals surface area contributed by atoms with Gasteiger partial charge in [0.2, 0.25) is 11.8 Å². The lowest BCUT2D eigenvalue weighted by molar-refractivity contribution is -0.138. The van der Waals surface area contributed by atoms with Gasteiger partial charge in [0.1, 0.15) is 0 Å². The molecule has 0 spiro atoms. The molecule has 2 fully saturated rings. The Labute approximate surface area is 165 Å². The summed E-state index contributed by atoms with van der Waals surface area (Å²) in [6.45, 7) is 5.38. The molecule has 5 nitrogen and oxygen atoms in total. The summed E-state index contributed by atoms with van der Waals surface area (Å²) < 4.78 is 6.02. The van der Waals surface area contributed by atoms with Crippen molar-refractivity contribution in [2.24, 2.45) is 0 Å². The van der Waals surface area contributed by atoms with Crippen LogP contribution in [0.25, 0.3) is 0 Å². The molecule has 1 N–H and O–H groups in total. The largest absolute Gasteiger partial charge is 0.372 e. The van der Waals surface area contributed by atoms with Crippen LogP contribution in [0.4, 0.5) is 0 Å². The van der Waals surface area contributed by atoms with E-state index in [-0.39, 0.29) is 23.5 Å². The van der Waals surface area contributed by atoms with E-state index in [0.29, 0.717) is 24.6 Å². The number of piperidine rings is 1. The van der Waals surface area contributed by atoms with Crippen molar-refractivity contribution >= 4 is 23.4 Å². The zero-order valence-corrected chi connectivity index (χ0v) is 16.3. The van der Waals surface area contributed by atoms with Gasteiger partial charge in [0.05, 0.1) is 12.7 Å². The normalized spacial score (nSPS) is 21.2. The molecule has 1 aliphatic carbocycles. The first-order valence-corrected chi connectivity index (χ1v) is 9.96. The van der Waals surface area contributed by atoms with Crippen LogP contribution in [-0.4, -0.2) is 41.4 Å². The Morgan fingerprint density at radius 1 is 1.30 bits per heavy atom. The van der Waals surface area contributed by atoms with Crippen LogP contribution < -0.4 is 5.32 Å². The lowest BCUT2D eigenvalue weighted by atomic mass is 9.74. The van der Waals surface area contributed by atoms with E-state index in [1.807, 2.05) is 29.2 Å². The Hall–Kier alpha value is -1.85. The smallest absolute Gasteiger partial charge is 0.243 e. The summed E-state index contributed by atoms with van der Waals surface area (Å²) in [5.74, 6) is -0.107. The second kappa shape index (κ2) is 8.89. The number of ether oxygens (including phenoxy) is 1. The molecule has 146 valence electrons. The second-order valence-electron chi connectivity index (χ2n) is 7.55. The molecule has 1 atom stereocenters. The number of likely N-dealkylation sites (tertiary alicyclic amines) is 1. The lowest BCUT2D eigenvalue weighted by Gasteiger charge is -2.43. The number of benzene rings is 1. The van der Waals surface area contributed by atoms with Crippen LogP contribution in [-0.2, 0) is 20.9 Å². The van der Waals surface area contributed by atoms with Gasteiger partial charge >= 0.3 is 0 Å². The number of nitrogens with zero attached hydrogens (tertiary/aromatic N) is 1. The van der Waals surface area contributed by atoms with E-state index in [0.717, 1.165) is 44.2 Å². The summed E-state index contributed by atoms with van der Waals surface area (Å²) in [4.78, 5) is 26.4. The molecule has 3 rings (SSSR count). The minimum absolute atomic E-state index is 0.0403. The maximum absolute atomic E-state index is 12.8. The van der Waals surface area contributed by atoms with E-state index in [1.165, 1.54) is 6.08 Å². The van der Waals surface area contributed by atoms with Gasteiger partial charge in [-0.15, -0.1) is 0 Å². The maximum Gasteiger partial charge on any atom is 0.243 e. The fourth-order valence-corrected chi connectivity index (χ4v) is 3.88. The average molecular weight is 391 g/mol. The third kappa shape index (κ3) is 5.33. The molecule has 1 heterocycles. The van der Waals surface area contributed by atoms with Crippen molar-refractivity contribution in [2.45, 2.75) is 56.8 Å². The third-order valence-corrected chi connectivity index (χ3v) is 5.76. The lowest BCUT2D eigenvalue weighted by Crippen LogP contribution is -2.56. The van der Waals surface area contributed by atoms with Gasteiger partial charge in [-0.05, 0) is 55.9 Å². The molecular weight excluding hydrogens is 364 g/mol. The van der Waals surface area contributed by atoms with E-state index in [9.17, 15) is 9.59 Å². The summed E-state index contributed by atoms with van der Waals surface area (Å²) in [5, 5.41) is 3.68. The van der Waals surface area contributed by atoms with Crippen molar-refractivity contribution in [3.63, 3.8) is 0 Å². The Morgan fingerprint density at radius 3 is 2.67 bits per heavy atom. The highest BCUT2D eigenvalue weighted by molar-refractivity contribution is 6.30. The number of nitrogens with one attached hydrogen (secondary N) is 1. The first-order chi connectivity index (χ1) is 13.0. The van der Waals surface area contributed by atoms with Gasteiger partial charge in [0.25, 0.3) is 0 Å². The van der Waals surface area contributed by atoms with E-state index < -0.39 is 0 Å². The molecule has 0 bridgehead atoms. The van der Waals surface area contributed by atoms with Crippen LogP contribution in [0.3, 0.4) is 0 Å². The average Bonchev–Trinajstić information content (AvgIpc) is 2.65. The first kappa shape index (κ1) is 19.9. The monoisotopic (exact) mass is 390 g/mol. The molecule has 1 saturated heterocycles. The number of carbonyl (C=O) groups is 2. The van der Waals surface area contributed by atoms with Crippen molar-refractivity contribution in [3.05, 3.63) is 47.5 Å². The number of halogens is 1. The predicted octanol–water partition coefficient (Wildman–Crippen LogP) is 3.46. The van der Waals surface area contributed by atoms with Crippen LogP contribution in [0, 0.1) is 0 Å². The maximum atomic E-state index is 12.8. The van der Waals surface area contributed by atoms with Gasteiger partial charge in [-0.3, -0.25) is 9.59 Å². The SMILES string of the molecule is C=CC(=O)NC1(CC(=O)N2CCCC(OCc3ccc(Cl)cc3)C2)CCC1. The zero-order valence-electron chi connectivity index (χ0n) is 15.6. The van der Waals surface area contributed by atoms with Gasteiger partial charge in [-0.1, -0.05) is 30.3 Å². The molecule has 6 heteroatoms. The number of carbonyl (C=O) groups excluding carboxylic acids is 2. The Balaban J connectivity index is 1.50. The number of amides is 2. The highest BCUT2D eigenvalue weighted by Gasteiger charge is 2.41. The summed E-state index contributed by atoms with van der Waals surface area (Å²) in [5.41, 5.74) is 0.683. The molecular formula is C21H27ClN2O3. The topological polar surface area (TPSA) is 58.6 Å². The summed E-state index contributed by atoms with van der Waals surface area (Å²) in [7, 11) is 0. The number of hydrogen-bond acceptors (Lipinski definition) is 3. The molecule has 0 aromatic heterocycles. The van der Waals surface area contributed by atoms with E-state index >= 15 is 0 Å². The minimum Gasteiger partial charge on any atom is -0.372 e. The standard InChI is InChI=1S/C21H27ClN2O3/c1-2-19(25)23-21(10-4-11-21)13-20(26)24-12-3-5-18(14-24)27-15-16-6-8-17(22)9-7-16/h2,6-9,18H,1,3-5,10-15H2,(H,23,25). The Kier molecular flexibility index (Phi) is 6.55. The second-order valence-corrected chi connectivity index (χ2v) is 7.98. The summed E-state index contributed by atoms with van der Waals surface area (Å²) in [6.07, 6.45) is 6.29. The third-order valence-electron chi connectivity index (χ3n) is 5.50. The van der Waals surface area contributed by atoms with E-state index in [1.54, 1.807) is 0 Å². The minimum atomic E-state index is -0.389. The Morgan fingerprint density at radius 2 is 2.04 bits per heavy atom.